The minimum atomic E-state index is -0.250. The molecule has 0 radical (unpaired) electrons. The van der Waals surface area contributed by atoms with E-state index in [0.717, 1.165) is 11.3 Å². The summed E-state index contributed by atoms with van der Waals surface area (Å²) in [7, 11) is 0. The molecule has 0 spiro atoms. The molecule has 19 heavy (non-hydrogen) atoms. The van der Waals surface area contributed by atoms with Crippen LogP contribution in [0.1, 0.15) is 35.8 Å². The van der Waals surface area contributed by atoms with Gasteiger partial charge in [-0.15, -0.1) is 0 Å². The van der Waals surface area contributed by atoms with Crippen molar-refractivity contribution in [1.29, 1.82) is 0 Å². The Morgan fingerprint density at radius 2 is 1.89 bits per heavy atom. The highest BCUT2D eigenvalue weighted by molar-refractivity contribution is 6.03. The van der Waals surface area contributed by atoms with E-state index in [1.54, 1.807) is 18.2 Å². The molecule has 2 aromatic rings. The fourth-order valence-corrected chi connectivity index (χ4v) is 1.88. The highest BCUT2D eigenvalue weighted by Crippen LogP contribution is 2.24. The molecule has 0 atom stereocenters. The van der Waals surface area contributed by atoms with Gasteiger partial charge in [-0.05, 0) is 29.7 Å². The quantitative estimate of drug-likeness (QED) is 0.885. The number of hydrogen-bond acceptors (Lipinski definition) is 3. The van der Waals surface area contributed by atoms with E-state index in [1.807, 2.05) is 24.3 Å². The molecule has 4 nitrogen and oxygen atoms in total. The van der Waals surface area contributed by atoms with Gasteiger partial charge in [-0.1, -0.05) is 38.1 Å². The van der Waals surface area contributed by atoms with Crippen LogP contribution >= 0.6 is 0 Å². The van der Waals surface area contributed by atoms with Gasteiger partial charge in [0.05, 0.1) is 0 Å². The number of aromatic nitrogens is 1. The van der Waals surface area contributed by atoms with E-state index >= 15 is 0 Å². The first kappa shape index (κ1) is 13.1. The standard InChI is InChI=1S/C15H17N3O/c1-10(2)11-6-3-4-7-12(11)18-15(19)13-8-5-9-14(16)17-13/h3-10H,1-2H3,(H2,16,17)(H,18,19). The second-order valence-corrected chi connectivity index (χ2v) is 4.64. The number of anilines is 2. The predicted octanol–water partition coefficient (Wildman–Crippen LogP) is 3.04. The van der Waals surface area contributed by atoms with Crippen molar-refractivity contribution in [2.24, 2.45) is 0 Å². The van der Waals surface area contributed by atoms with Gasteiger partial charge in [0, 0.05) is 5.69 Å². The van der Waals surface area contributed by atoms with Crippen LogP contribution in [-0.2, 0) is 0 Å². The number of nitrogen functional groups attached to an aromatic ring is 1. The number of benzene rings is 1. The maximum absolute atomic E-state index is 12.1. The van der Waals surface area contributed by atoms with Gasteiger partial charge in [0.15, 0.2) is 0 Å². The number of carbonyl (C=O) groups is 1. The summed E-state index contributed by atoms with van der Waals surface area (Å²) >= 11 is 0. The summed E-state index contributed by atoms with van der Waals surface area (Å²) in [5.74, 6) is 0.426. The van der Waals surface area contributed by atoms with E-state index in [0.29, 0.717) is 17.4 Å². The third kappa shape index (κ3) is 3.10. The molecule has 4 heteroatoms. The Morgan fingerprint density at radius 1 is 1.16 bits per heavy atom. The Bertz CT molecular complexity index is 593. The van der Waals surface area contributed by atoms with Crippen LogP contribution in [0.25, 0.3) is 0 Å². The Balaban J connectivity index is 2.24. The number of nitrogens with two attached hydrogens (primary N) is 1. The van der Waals surface area contributed by atoms with E-state index in [4.69, 9.17) is 5.73 Å². The Kier molecular flexibility index (Phi) is 3.80. The number of nitrogens with zero attached hydrogens (tertiary/aromatic N) is 1. The van der Waals surface area contributed by atoms with Crippen LogP contribution in [0, 0.1) is 0 Å². The van der Waals surface area contributed by atoms with Gasteiger partial charge in [0.25, 0.3) is 5.91 Å². The van der Waals surface area contributed by atoms with E-state index in [2.05, 4.69) is 24.1 Å². The molecule has 1 aromatic heterocycles. The van der Waals surface area contributed by atoms with Crippen molar-refractivity contribution in [2.75, 3.05) is 11.1 Å². The second-order valence-electron chi connectivity index (χ2n) is 4.64. The summed E-state index contributed by atoms with van der Waals surface area (Å²) in [5, 5.41) is 2.88. The zero-order valence-electron chi connectivity index (χ0n) is 11.1. The van der Waals surface area contributed by atoms with Gasteiger partial charge >= 0.3 is 0 Å². The molecule has 0 aliphatic rings. The largest absolute Gasteiger partial charge is 0.384 e. The van der Waals surface area contributed by atoms with E-state index in [-0.39, 0.29) is 5.91 Å². The summed E-state index contributed by atoms with van der Waals surface area (Å²) in [6, 6.07) is 12.8. The van der Waals surface area contributed by atoms with Crippen molar-refractivity contribution >= 4 is 17.4 Å². The lowest BCUT2D eigenvalue weighted by atomic mass is 10.0. The molecule has 0 saturated heterocycles. The molecule has 0 aliphatic heterocycles. The highest BCUT2D eigenvalue weighted by atomic mass is 16.1. The zero-order chi connectivity index (χ0) is 13.8. The fraction of sp³-hybridized carbons (Fsp3) is 0.200. The highest BCUT2D eigenvalue weighted by Gasteiger charge is 2.11. The monoisotopic (exact) mass is 255 g/mol. The van der Waals surface area contributed by atoms with Crippen molar-refractivity contribution in [2.45, 2.75) is 19.8 Å². The molecule has 0 saturated carbocycles. The average molecular weight is 255 g/mol. The topological polar surface area (TPSA) is 68.0 Å². The van der Waals surface area contributed by atoms with Crippen molar-refractivity contribution in [1.82, 2.24) is 4.98 Å². The minimum Gasteiger partial charge on any atom is -0.384 e. The summed E-state index contributed by atoms with van der Waals surface area (Å²) < 4.78 is 0. The molecular formula is C15H17N3O. The van der Waals surface area contributed by atoms with Crippen LogP contribution in [0.2, 0.25) is 0 Å². The number of carbonyl (C=O) groups excluding carboxylic acids is 1. The smallest absolute Gasteiger partial charge is 0.274 e. The van der Waals surface area contributed by atoms with E-state index < -0.39 is 0 Å². The maximum Gasteiger partial charge on any atom is 0.274 e. The summed E-state index contributed by atoms with van der Waals surface area (Å²) in [5.41, 5.74) is 7.80. The van der Waals surface area contributed by atoms with Gasteiger partial charge in [0.2, 0.25) is 0 Å². The fourth-order valence-electron chi connectivity index (χ4n) is 1.88. The molecule has 0 aliphatic carbocycles. The van der Waals surface area contributed by atoms with Crippen molar-refractivity contribution in [3.05, 3.63) is 53.7 Å². The SMILES string of the molecule is CC(C)c1ccccc1NC(=O)c1cccc(N)n1. The van der Waals surface area contributed by atoms with Crippen LogP contribution in [0.3, 0.4) is 0 Å². The molecule has 1 aromatic carbocycles. The lowest BCUT2D eigenvalue weighted by Gasteiger charge is -2.13. The molecular weight excluding hydrogens is 238 g/mol. The second kappa shape index (κ2) is 5.52. The summed E-state index contributed by atoms with van der Waals surface area (Å²) in [4.78, 5) is 16.1. The third-order valence-corrected chi connectivity index (χ3v) is 2.83. The van der Waals surface area contributed by atoms with Crippen LogP contribution in [0.4, 0.5) is 11.5 Å². The van der Waals surface area contributed by atoms with Crippen LogP contribution in [0.5, 0.6) is 0 Å². The molecule has 0 bridgehead atoms. The number of para-hydroxylation sites is 1. The molecule has 2 rings (SSSR count). The minimum absolute atomic E-state index is 0.250. The lowest BCUT2D eigenvalue weighted by Crippen LogP contribution is -2.15. The molecule has 1 heterocycles. The van der Waals surface area contributed by atoms with Gasteiger partial charge in [-0.3, -0.25) is 4.79 Å². The zero-order valence-corrected chi connectivity index (χ0v) is 11.1. The van der Waals surface area contributed by atoms with Gasteiger partial charge in [-0.2, -0.15) is 0 Å². The molecule has 3 N–H and O–H groups in total. The van der Waals surface area contributed by atoms with Gasteiger partial charge < -0.3 is 11.1 Å². The first-order valence-corrected chi connectivity index (χ1v) is 6.20. The first-order chi connectivity index (χ1) is 9.08. The Morgan fingerprint density at radius 3 is 2.58 bits per heavy atom. The normalized spacial score (nSPS) is 10.5. The molecule has 0 fully saturated rings. The summed E-state index contributed by atoms with van der Waals surface area (Å²) in [6.07, 6.45) is 0. The Hall–Kier alpha value is -2.36. The lowest BCUT2D eigenvalue weighted by molar-refractivity contribution is 0.102. The number of pyridine rings is 1. The van der Waals surface area contributed by atoms with Crippen molar-refractivity contribution in [3.8, 4) is 0 Å². The van der Waals surface area contributed by atoms with Gasteiger partial charge in [0.1, 0.15) is 11.5 Å². The molecule has 98 valence electrons. The van der Waals surface area contributed by atoms with Gasteiger partial charge in [-0.25, -0.2) is 4.98 Å². The summed E-state index contributed by atoms with van der Waals surface area (Å²) in [6.45, 7) is 4.17. The van der Waals surface area contributed by atoms with E-state index in [9.17, 15) is 4.79 Å². The van der Waals surface area contributed by atoms with Crippen molar-refractivity contribution < 1.29 is 4.79 Å². The van der Waals surface area contributed by atoms with Crippen molar-refractivity contribution in [3.63, 3.8) is 0 Å². The van der Waals surface area contributed by atoms with Crippen LogP contribution in [-0.4, -0.2) is 10.9 Å². The molecule has 0 unspecified atom stereocenters. The predicted molar refractivity (Wildman–Crippen MR) is 77.1 cm³/mol. The Labute approximate surface area is 112 Å². The maximum atomic E-state index is 12.1. The number of rotatable bonds is 3. The third-order valence-electron chi connectivity index (χ3n) is 2.83. The van der Waals surface area contributed by atoms with Crippen LogP contribution in [0.15, 0.2) is 42.5 Å². The number of hydrogen-bond donors (Lipinski definition) is 2. The average Bonchev–Trinajstić information content (AvgIpc) is 2.39. The number of amides is 1. The first-order valence-electron chi connectivity index (χ1n) is 6.20. The number of nitrogens with one attached hydrogen (secondary N) is 1. The molecule has 1 amide bonds. The van der Waals surface area contributed by atoms with E-state index in [1.165, 1.54) is 0 Å². The van der Waals surface area contributed by atoms with Crippen LogP contribution < -0.4 is 11.1 Å².